The van der Waals surface area contributed by atoms with Gasteiger partial charge in [0.15, 0.2) is 0 Å². The van der Waals surface area contributed by atoms with Gasteiger partial charge in [0.25, 0.3) is 6.43 Å². The molecule has 0 radical (unpaired) electrons. The average molecular weight is 369 g/mol. The second-order valence-corrected chi connectivity index (χ2v) is 6.30. The van der Waals surface area contributed by atoms with Gasteiger partial charge in [-0.25, -0.2) is 13.2 Å². The summed E-state index contributed by atoms with van der Waals surface area (Å²) in [5.74, 6) is -0.836. The molecule has 0 saturated heterocycles. The van der Waals surface area contributed by atoms with E-state index in [4.69, 9.17) is 4.74 Å². The zero-order valence-corrected chi connectivity index (χ0v) is 14.4. The molecule has 0 aliphatic rings. The van der Waals surface area contributed by atoms with Crippen molar-refractivity contribution in [1.82, 2.24) is 4.90 Å². The SMILES string of the molecule is COCCN(CC(F)F)C(=O)/C=C/c1ccc(-c2ccccc2F)s1. The maximum absolute atomic E-state index is 13.8. The highest BCUT2D eigenvalue weighted by Crippen LogP contribution is 2.30. The number of methoxy groups -OCH3 is 1. The quantitative estimate of drug-likeness (QED) is 0.649. The fourth-order valence-corrected chi connectivity index (χ4v) is 3.10. The summed E-state index contributed by atoms with van der Waals surface area (Å²) in [6.07, 6.45) is 0.182. The lowest BCUT2D eigenvalue weighted by Gasteiger charge is -2.20. The van der Waals surface area contributed by atoms with E-state index in [1.165, 1.54) is 30.6 Å². The van der Waals surface area contributed by atoms with Gasteiger partial charge in [0.1, 0.15) is 5.82 Å². The first-order valence-corrected chi connectivity index (χ1v) is 8.41. The van der Waals surface area contributed by atoms with Crippen molar-refractivity contribution in [3.63, 3.8) is 0 Å². The number of nitrogens with zero attached hydrogens (tertiary/aromatic N) is 1. The number of benzene rings is 1. The number of hydrogen-bond acceptors (Lipinski definition) is 3. The van der Waals surface area contributed by atoms with Gasteiger partial charge in [-0.15, -0.1) is 11.3 Å². The Bertz CT molecular complexity index is 731. The van der Waals surface area contributed by atoms with Crippen LogP contribution in [0.1, 0.15) is 4.88 Å². The van der Waals surface area contributed by atoms with Crippen LogP contribution in [0, 0.1) is 5.82 Å². The predicted octanol–water partition coefficient (Wildman–Crippen LogP) is 4.31. The third kappa shape index (κ3) is 5.72. The van der Waals surface area contributed by atoms with E-state index in [1.807, 2.05) is 0 Å². The van der Waals surface area contributed by atoms with Gasteiger partial charge in [-0.05, 0) is 24.3 Å². The molecule has 25 heavy (non-hydrogen) atoms. The summed E-state index contributed by atoms with van der Waals surface area (Å²) in [6, 6.07) is 9.93. The number of thiophene rings is 1. The van der Waals surface area contributed by atoms with Crippen molar-refractivity contribution >= 4 is 23.3 Å². The molecule has 1 aromatic carbocycles. The fraction of sp³-hybridized carbons (Fsp3) is 0.278. The Morgan fingerprint density at radius 1 is 1.28 bits per heavy atom. The minimum atomic E-state index is -2.61. The topological polar surface area (TPSA) is 29.5 Å². The number of carbonyl (C=O) groups excluding carboxylic acids is 1. The van der Waals surface area contributed by atoms with Gasteiger partial charge in [0.05, 0.1) is 13.2 Å². The molecule has 0 atom stereocenters. The summed E-state index contributed by atoms with van der Waals surface area (Å²) in [6.45, 7) is -0.366. The highest BCUT2D eigenvalue weighted by atomic mass is 32.1. The molecular formula is C18H18F3NO2S. The van der Waals surface area contributed by atoms with Crippen LogP contribution in [0.3, 0.4) is 0 Å². The average Bonchev–Trinajstić information content (AvgIpc) is 3.05. The third-order valence-corrected chi connectivity index (χ3v) is 4.48. The lowest BCUT2D eigenvalue weighted by Crippen LogP contribution is -2.36. The molecule has 0 spiro atoms. The van der Waals surface area contributed by atoms with Gasteiger partial charge in [-0.3, -0.25) is 4.79 Å². The second-order valence-electron chi connectivity index (χ2n) is 5.18. The molecule has 0 N–H and O–H groups in total. The molecule has 0 fully saturated rings. The van der Waals surface area contributed by atoms with Crippen LogP contribution in [-0.2, 0) is 9.53 Å². The van der Waals surface area contributed by atoms with Gasteiger partial charge in [-0.1, -0.05) is 18.2 Å². The first-order valence-electron chi connectivity index (χ1n) is 7.60. The summed E-state index contributed by atoms with van der Waals surface area (Å²) in [5.41, 5.74) is 0.484. The maximum Gasteiger partial charge on any atom is 0.255 e. The van der Waals surface area contributed by atoms with E-state index in [-0.39, 0.29) is 19.0 Å². The van der Waals surface area contributed by atoms with Crippen molar-refractivity contribution in [3.8, 4) is 10.4 Å². The maximum atomic E-state index is 13.8. The van der Waals surface area contributed by atoms with Crippen LogP contribution in [0.4, 0.5) is 13.2 Å². The number of carbonyl (C=O) groups is 1. The molecule has 2 rings (SSSR count). The fourth-order valence-electron chi connectivity index (χ4n) is 2.17. The largest absolute Gasteiger partial charge is 0.383 e. The smallest absolute Gasteiger partial charge is 0.255 e. The lowest BCUT2D eigenvalue weighted by atomic mass is 10.2. The van der Waals surface area contributed by atoms with Gasteiger partial charge in [0, 0.05) is 35.0 Å². The van der Waals surface area contributed by atoms with Gasteiger partial charge in [0.2, 0.25) is 5.91 Å². The van der Waals surface area contributed by atoms with Crippen LogP contribution in [0.2, 0.25) is 0 Å². The van der Waals surface area contributed by atoms with Crippen molar-refractivity contribution in [1.29, 1.82) is 0 Å². The summed E-state index contributed by atoms with van der Waals surface area (Å²) >= 11 is 1.32. The Morgan fingerprint density at radius 2 is 2.04 bits per heavy atom. The first kappa shape index (κ1) is 19.2. The molecule has 7 heteroatoms. The van der Waals surface area contributed by atoms with Crippen molar-refractivity contribution in [2.75, 3.05) is 26.8 Å². The number of amides is 1. The van der Waals surface area contributed by atoms with Crippen molar-refractivity contribution in [2.24, 2.45) is 0 Å². The van der Waals surface area contributed by atoms with Crippen LogP contribution in [0.5, 0.6) is 0 Å². The van der Waals surface area contributed by atoms with Crippen LogP contribution in [0.25, 0.3) is 16.5 Å². The minimum Gasteiger partial charge on any atom is -0.383 e. The van der Waals surface area contributed by atoms with Gasteiger partial charge in [-0.2, -0.15) is 0 Å². The monoisotopic (exact) mass is 369 g/mol. The van der Waals surface area contributed by atoms with E-state index >= 15 is 0 Å². The third-order valence-electron chi connectivity index (χ3n) is 3.39. The summed E-state index contributed by atoms with van der Waals surface area (Å²) in [4.78, 5) is 14.6. The first-order chi connectivity index (χ1) is 12.0. The summed E-state index contributed by atoms with van der Waals surface area (Å²) in [7, 11) is 1.44. The normalized spacial score (nSPS) is 11.4. The molecule has 1 heterocycles. The number of ether oxygens (including phenoxy) is 1. The predicted molar refractivity (Wildman–Crippen MR) is 93.2 cm³/mol. The van der Waals surface area contributed by atoms with Gasteiger partial charge < -0.3 is 9.64 Å². The Hall–Kier alpha value is -2.12. The second kappa shape index (κ2) is 9.39. The Kier molecular flexibility index (Phi) is 7.21. The highest BCUT2D eigenvalue weighted by molar-refractivity contribution is 7.16. The van der Waals surface area contributed by atoms with E-state index in [0.717, 1.165) is 14.7 Å². The number of rotatable bonds is 8. The van der Waals surface area contributed by atoms with E-state index in [2.05, 4.69) is 0 Å². The van der Waals surface area contributed by atoms with Gasteiger partial charge >= 0.3 is 0 Å². The lowest BCUT2D eigenvalue weighted by molar-refractivity contribution is -0.128. The highest BCUT2D eigenvalue weighted by Gasteiger charge is 2.16. The van der Waals surface area contributed by atoms with E-state index in [0.29, 0.717) is 5.56 Å². The van der Waals surface area contributed by atoms with Crippen molar-refractivity contribution in [2.45, 2.75) is 6.43 Å². The van der Waals surface area contributed by atoms with E-state index < -0.39 is 18.9 Å². The van der Waals surface area contributed by atoms with Crippen LogP contribution in [0.15, 0.2) is 42.5 Å². The van der Waals surface area contributed by atoms with Crippen molar-refractivity contribution in [3.05, 3.63) is 53.2 Å². The molecule has 1 aromatic heterocycles. The molecular weight excluding hydrogens is 351 g/mol. The van der Waals surface area contributed by atoms with E-state index in [1.54, 1.807) is 36.4 Å². The van der Waals surface area contributed by atoms with Crippen molar-refractivity contribution < 1.29 is 22.7 Å². The Balaban J connectivity index is 2.07. The zero-order valence-electron chi connectivity index (χ0n) is 13.6. The number of hydrogen-bond donors (Lipinski definition) is 0. The molecule has 2 aromatic rings. The molecule has 1 amide bonds. The molecule has 0 aliphatic carbocycles. The Labute approximate surface area is 148 Å². The Morgan fingerprint density at radius 3 is 2.72 bits per heavy atom. The minimum absolute atomic E-state index is 0.0922. The van der Waals surface area contributed by atoms with Crippen LogP contribution >= 0.6 is 11.3 Å². The molecule has 0 saturated carbocycles. The molecule has 0 bridgehead atoms. The summed E-state index contributed by atoms with van der Waals surface area (Å²) in [5, 5.41) is 0. The standard InChI is InChI=1S/C18H18F3NO2S/c1-24-11-10-22(12-17(20)21)18(23)9-7-13-6-8-16(25-13)14-4-2-3-5-15(14)19/h2-9,17H,10-12H2,1H3/b9-7+. The van der Waals surface area contributed by atoms with E-state index in [9.17, 15) is 18.0 Å². The molecule has 134 valence electrons. The summed E-state index contributed by atoms with van der Waals surface area (Å²) < 4.78 is 43.8. The van der Waals surface area contributed by atoms with Crippen LogP contribution < -0.4 is 0 Å². The molecule has 3 nitrogen and oxygen atoms in total. The number of halogens is 3. The molecule has 0 aliphatic heterocycles. The number of alkyl halides is 2. The molecule has 0 unspecified atom stereocenters. The van der Waals surface area contributed by atoms with Crippen LogP contribution in [-0.4, -0.2) is 44.0 Å². The zero-order chi connectivity index (χ0) is 18.2.